The van der Waals surface area contributed by atoms with Gasteiger partial charge < -0.3 is 10.4 Å². The Morgan fingerprint density at radius 2 is 2.00 bits per heavy atom. The summed E-state index contributed by atoms with van der Waals surface area (Å²) in [6.07, 6.45) is 0.248. The van der Waals surface area contributed by atoms with Crippen molar-refractivity contribution in [3.8, 4) is 0 Å². The Hall–Kier alpha value is -2.23. The van der Waals surface area contributed by atoms with Crippen LogP contribution < -0.4 is 5.32 Å². The molecule has 10 heteroatoms. The third-order valence-electron chi connectivity index (χ3n) is 2.39. The van der Waals surface area contributed by atoms with Crippen LogP contribution in [0.1, 0.15) is 20.3 Å². The molecular weight excluding hydrogens is 290 g/mol. The molecular formula is C10H13N3O6S. The van der Waals surface area contributed by atoms with Crippen LogP contribution in [0.4, 0.5) is 15.7 Å². The summed E-state index contributed by atoms with van der Waals surface area (Å²) in [4.78, 5) is 31.0. The Kier molecular flexibility index (Phi) is 4.97. The van der Waals surface area contributed by atoms with Crippen LogP contribution in [0.25, 0.3) is 0 Å². The normalized spacial score (nSPS) is 12.2. The summed E-state index contributed by atoms with van der Waals surface area (Å²) < 4.78 is 0. The van der Waals surface area contributed by atoms with Crippen LogP contribution >= 0.6 is 11.3 Å². The molecule has 110 valence electrons. The van der Waals surface area contributed by atoms with E-state index in [1.54, 1.807) is 0 Å². The van der Waals surface area contributed by atoms with Crippen molar-refractivity contribution in [3.63, 3.8) is 0 Å². The molecule has 0 aliphatic carbocycles. The van der Waals surface area contributed by atoms with E-state index >= 15 is 0 Å². The van der Waals surface area contributed by atoms with Crippen molar-refractivity contribution >= 4 is 33.0 Å². The standard InChI is InChI=1S/C10H13N3O6S/c1-5(2)3-6(10(14)15)11-9-7(12(16)17)4-8(20-9)13(18)19/h4-6,11H,3H2,1-2H3,(H,14,15)/t6-/m1/s1. The number of hydrogen-bond donors (Lipinski definition) is 2. The summed E-state index contributed by atoms with van der Waals surface area (Å²) in [5.41, 5.74) is -0.489. The Balaban J connectivity index is 3.07. The fourth-order valence-electron chi connectivity index (χ4n) is 1.55. The maximum Gasteiger partial charge on any atom is 0.333 e. The minimum atomic E-state index is -1.16. The predicted octanol–water partition coefficient (Wildman–Crippen LogP) is 2.48. The molecule has 1 rings (SSSR count). The van der Waals surface area contributed by atoms with E-state index in [0.29, 0.717) is 11.3 Å². The molecule has 0 radical (unpaired) electrons. The summed E-state index contributed by atoms with van der Waals surface area (Å²) in [5.74, 6) is -1.11. The molecule has 0 fully saturated rings. The zero-order valence-electron chi connectivity index (χ0n) is 10.7. The highest BCUT2D eigenvalue weighted by Crippen LogP contribution is 2.39. The molecule has 0 saturated carbocycles. The first-order chi connectivity index (χ1) is 9.22. The molecule has 1 aromatic rings. The van der Waals surface area contributed by atoms with Gasteiger partial charge in [0.1, 0.15) is 12.1 Å². The first-order valence-corrected chi connectivity index (χ1v) is 6.46. The van der Waals surface area contributed by atoms with Crippen molar-refractivity contribution in [2.45, 2.75) is 26.3 Å². The fraction of sp³-hybridized carbons (Fsp3) is 0.500. The lowest BCUT2D eigenvalue weighted by molar-refractivity contribution is -0.389. The molecule has 0 amide bonds. The van der Waals surface area contributed by atoms with Gasteiger partial charge in [-0.3, -0.25) is 20.2 Å². The molecule has 0 bridgehead atoms. The van der Waals surface area contributed by atoms with Gasteiger partial charge in [-0.1, -0.05) is 13.8 Å². The van der Waals surface area contributed by atoms with Gasteiger partial charge in [-0.25, -0.2) is 4.79 Å². The molecule has 0 saturated heterocycles. The first kappa shape index (κ1) is 15.8. The van der Waals surface area contributed by atoms with Crippen LogP contribution in [0.5, 0.6) is 0 Å². The highest BCUT2D eigenvalue weighted by atomic mass is 32.1. The van der Waals surface area contributed by atoms with Gasteiger partial charge in [-0.05, 0) is 23.7 Å². The number of nitrogens with one attached hydrogen (secondary N) is 1. The molecule has 1 aromatic heterocycles. The van der Waals surface area contributed by atoms with Crippen LogP contribution in [-0.4, -0.2) is 27.0 Å². The van der Waals surface area contributed by atoms with E-state index in [4.69, 9.17) is 5.11 Å². The Labute approximate surface area is 117 Å². The number of aliphatic carboxylic acids is 1. The van der Waals surface area contributed by atoms with E-state index in [9.17, 15) is 25.0 Å². The molecule has 1 heterocycles. The smallest absolute Gasteiger partial charge is 0.333 e. The van der Waals surface area contributed by atoms with Crippen LogP contribution in [0, 0.1) is 26.1 Å². The third kappa shape index (κ3) is 3.88. The highest BCUT2D eigenvalue weighted by Gasteiger charge is 2.28. The second-order valence-electron chi connectivity index (χ2n) is 4.48. The lowest BCUT2D eigenvalue weighted by Gasteiger charge is -2.15. The van der Waals surface area contributed by atoms with Gasteiger partial charge >= 0.3 is 16.7 Å². The number of carboxylic acid groups (broad SMARTS) is 1. The molecule has 0 spiro atoms. The summed E-state index contributed by atoms with van der Waals surface area (Å²) in [6, 6.07) is -0.215. The largest absolute Gasteiger partial charge is 0.480 e. The first-order valence-electron chi connectivity index (χ1n) is 5.64. The van der Waals surface area contributed by atoms with Crippen LogP contribution in [0.15, 0.2) is 6.07 Å². The Morgan fingerprint density at radius 1 is 1.40 bits per heavy atom. The average molecular weight is 303 g/mol. The predicted molar refractivity (Wildman–Crippen MR) is 72.1 cm³/mol. The summed E-state index contributed by atoms with van der Waals surface area (Å²) in [7, 11) is 0. The number of nitrogens with zero attached hydrogens (tertiary/aromatic N) is 2. The maximum absolute atomic E-state index is 11.1. The lowest BCUT2D eigenvalue weighted by Crippen LogP contribution is -2.30. The molecule has 9 nitrogen and oxygen atoms in total. The van der Waals surface area contributed by atoms with Crippen molar-refractivity contribution in [1.82, 2.24) is 0 Å². The average Bonchev–Trinajstić information content (AvgIpc) is 2.71. The maximum atomic E-state index is 11.1. The molecule has 0 aliphatic heterocycles. The second-order valence-corrected chi connectivity index (χ2v) is 5.51. The minimum Gasteiger partial charge on any atom is -0.480 e. The fourth-order valence-corrected chi connectivity index (χ4v) is 2.44. The molecule has 0 unspecified atom stereocenters. The summed E-state index contributed by atoms with van der Waals surface area (Å²) >= 11 is 0.554. The monoisotopic (exact) mass is 303 g/mol. The number of anilines is 1. The minimum absolute atomic E-state index is 0.0533. The van der Waals surface area contributed by atoms with Crippen molar-refractivity contribution in [3.05, 3.63) is 26.3 Å². The van der Waals surface area contributed by atoms with Gasteiger partial charge in [-0.2, -0.15) is 0 Å². The van der Waals surface area contributed by atoms with Crippen molar-refractivity contribution < 1.29 is 19.7 Å². The lowest BCUT2D eigenvalue weighted by atomic mass is 10.0. The SMILES string of the molecule is CC(C)C[C@@H](Nc1sc([N+](=O)[O-])cc1[N+](=O)[O-])C(=O)O. The summed E-state index contributed by atoms with van der Waals surface area (Å²) in [6.45, 7) is 3.62. The Bertz CT molecular complexity index is 541. The molecule has 2 N–H and O–H groups in total. The van der Waals surface area contributed by atoms with E-state index in [-0.39, 0.29) is 17.3 Å². The summed E-state index contributed by atoms with van der Waals surface area (Å²) in [5, 5.41) is 32.5. The van der Waals surface area contributed by atoms with Gasteiger partial charge in [0, 0.05) is 0 Å². The van der Waals surface area contributed by atoms with Crippen molar-refractivity contribution in [2.75, 3.05) is 5.32 Å². The highest BCUT2D eigenvalue weighted by molar-refractivity contribution is 7.19. The number of thiophene rings is 1. The van der Waals surface area contributed by atoms with E-state index in [1.165, 1.54) is 0 Å². The third-order valence-corrected chi connectivity index (χ3v) is 3.39. The molecule has 0 aromatic carbocycles. The van der Waals surface area contributed by atoms with Crippen LogP contribution in [0.3, 0.4) is 0 Å². The Morgan fingerprint density at radius 3 is 2.40 bits per heavy atom. The quantitative estimate of drug-likeness (QED) is 0.583. The van der Waals surface area contributed by atoms with E-state index in [0.717, 1.165) is 6.07 Å². The topological polar surface area (TPSA) is 136 Å². The van der Waals surface area contributed by atoms with Crippen LogP contribution in [-0.2, 0) is 4.79 Å². The van der Waals surface area contributed by atoms with Crippen molar-refractivity contribution in [1.29, 1.82) is 0 Å². The van der Waals surface area contributed by atoms with Crippen molar-refractivity contribution in [2.24, 2.45) is 5.92 Å². The zero-order chi connectivity index (χ0) is 15.4. The van der Waals surface area contributed by atoms with Gasteiger partial charge in [0.2, 0.25) is 0 Å². The van der Waals surface area contributed by atoms with Crippen LogP contribution in [0.2, 0.25) is 0 Å². The van der Waals surface area contributed by atoms with Gasteiger partial charge in [0.15, 0.2) is 5.00 Å². The number of carbonyl (C=O) groups is 1. The van der Waals surface area contributed by atoms with Gasteiger partial charge in [0.05, 0.1) is 9.85 Å². The van der Waals surface area contributed by atoms with E-state index < -0.39 is 32.5 Å². The van der Waals surface area contributed by atoms with E-state index in [1.807, 2.05) is 13.8 Å². The van der Waals surface area contributed by atoms with E-state index in [2.05, 4.69) is 5.32 Å². The molecule has 1 atom stereocenters. The van der Waals surface area contributed by atoms with Gasteiger partial charge in [0.25, 0.3) is 0 Å². The number of carboxylic acids is 1. The zero-order valence-corrected chi connectivity index (χ0v) is 11.5. The number of nitro groups is 2. The second kappa shape index (κ2) is 6.28. The molecule has 20 heavy (non-hydrogen) atoms. The van der Waals surface area contributed by atoms with Gasteiger partial charge in [-0.15, -0.1) is 0 Å². The molecule has 0 aliphatic rings. The number of hydrogen-bond acceptors (Lipinski definition) is 7. The number of rotatable bonds is 7.